The third-order valence-electron chi connectivity index (χ3n) is 4.77. The molecule has 8 nitrogen and oxygen atoms in total. The lowest BCUT2D eigenvalue weighted by Crippen LogP contribution is -2.31. The molecule has 1 heterocycles. The SMILES string of the molecule is CCOc1ccc(CN(C)C(=O)COC(=O)c2nn(CC)c(=O)c3ccccc23)cc1. The second-order valence-electron chi connectivity index (χ2n) is 6.92. The van der Waals surface area contributed by atoms with Crippen molar-refractivity contribution in [2.45, 2.75) is 26.9 Å². The van der Waals surface area contributed by atoms with Gasteiger partial charge >= 0.3 is 5.97 Å². The van der Waals surface area contributed by atoms with E-state index < -0.39 is 12.6 Å². The maximum Gasteiger partial charge on any atom is 0.359 e. The number of esters is 1. The Labute approximate surface area is 180 Å². The Bertz CT molecular complexity index is 1140. The van der Waals surface area contributed by atoms with Crippen LogP contribution in [0.2, 0.25) is 0 Å². The lowest BCUT2D eigenvalue weighted by atomic mass is 10.1. The van der Waals surface area contributed by atoms with Crippen LogP contribution in [0.1, 0.15) is 29.9 Å². The number of nitrogens with zero attached hydrogens (tertiary/aromatic N) is 3. The Morgan fingerprint density at radius 1 is 1.03 bits per heavy atom. The van der Waals surface area contributed by atoms with E-state index in [2.05, 4.69) is 5.10 Å². The van der Waals surface area contributed by atoms with Crippen LogP contribution in [0.25, 0.3) is 10.8 Å². The monoisotopic (exact) mass is 423 g/mol. The van der Waals surface area contributed by atoms with Gasteiger partial charge in [0.15, 0.2) is 12.3 Å². The molecule has 3 aromatic rings. The van der Waals surface area contributed by atoms with E-state index in [4.69, 9.17) is 9.47 Å². The standard InChI is InChI=1S/C23H25N3O5/c1-4-26-22(28)19-9-7-6-8-18(19)21(24-26)23(29)31-15-20(27)25(3)14-16-10-12-17(13-11-16)30-5-2/h6-13H,4-5,14-15H2,1-3H3. The lowest BCUT2D eigenvalue weighted by Gasteiger charge is -2.17. The second kappa shape index (κ2) is 9.88. The summed E-state index contributed by atoms with van der Waals surface area (Å²) in [5.74, 6) is -0.334. The van der Waals surface area contributed by atoms with Gasteiger partial charge in [-0.05, 0) is 37.6 Å². The lowest BCUT2D eigenvalue weighted by molar-refractivity contribution is -0.133. The highest BCUT2D eigenvalue weighted by Crippen LogP contribution is 2.15. The number of likely N-dealkylation sites (N-methyl/N-ethyl adjacent to an activating group) is 1. The number of carbonyl (C=O) groups excluding carboxylic acids is 2. The number of amides is 1. The average Bonchev–Trinajstić information content (AvgIpc) is 2.79. The summed E-state index contributed by atoms with van der Waals surface area (Å²) in [6, 6.07) is 14.2. The van der Waals surface area contributed by atoms with Crippen LogP contribution in [0.15, 0.2) is 53.3 Å². The van der Waals surface area contributed by atoms with Crippen molar-refractivity contribution in [1.29, 1.82) is 0 Å². The van der Waals surface area contributed by atoms with E-state index >= 15 is 0 Å². The predicted octanol–water partition coefficient (Wildman–Crippen LogP) is 2.63. The molecule has 1 amide bonds. The van der Waals surface area contributed by atoms with E-state index in [1.54, 1.807) is 38.2 Å². The van der Waals surface area contributed by atoms with Crippen LogP contribution in [0, 0.1) is 0 Å². The molecule has 2 aromatic carbocycles. The highest BCUT2D eigenvalue weighted by molar-refractivity contribution is 6.02. The van der Waals surface area contributed by atoms with Crippen molar-refractivity contribution in [3.63, 3.8) is 0 Å². The molecule has 8 heteroatoms. The highest BCUT2D eigenvalue weighted by Gasteiger charge is 2.19. The predicted molar refractivity (Wildman–Crippen MR) is 116 cm³/mol. The van der Waals surface area contributed by atoms with E-state index in [-0.39, 0.29) is 17.2 Å². The molecule has 0 aliphatic heterocycles. The minimum atomic E-state index is -0.749. The molecule has 0 saturated carbocycles. The maximum atomic E-state index is 12.6. The summed E-state index contributed by atoms with van der Waals surface area (Å²) in [6.07, 6.45) is 0. The molecule has 162 valence electrons. The largest absolute Gasteiger partial charge is 0.494 e. The highest BCUT2D eigenvalue weighted by atomic mass is 16.5. The summed E-state index contributed by atoms with van der Waals surface area (Å²) >= 11 is 0. The van der Waals surface area contributed by atoms with Crippen LogP contribution in [0.3, 0.4) is 0 Å². The van der Waals surface area contributed by atoms with E-state index in [0.29, 0.717) is 30.5 Å². The van der Waals surface area contributed by atoms with Gasteiger partial charge in [-0.3, -0.25) is 9.59 Å². The maximum absolute atomic E-state index is 12.6. The Hall–Kier alpha value is -3.68. The minimum absolute atomic E-state index is 0.0130. The van der Waals surface area contributed by atoms with Crippen LogP contribution < -0.4 is 10.3 Å². The quantitative estimate of drug-likeness (QED) is 0.518. The van der Waals surface area contributed by atoms with E-state index in [9.17, 15) is 14.4 Å². The first-order valence-corrected chi connectivity index (χ1v) is 10.1. The molecular weight excluding hydrogens is 398 g/mol. The number of aromatic nitrogens is 2. The first-order valence-electron chi connectivity index (χ1n) is 10.1. The van der Waals surface area contributed by atoms with E-state index in [1.165, 1.54) is 9.58 Å². The van der Waals surface area contributed by atoms with Gasteiger partial charge in [0.1, 0.15) is 5.75 Å². The fourth-order valence-electron chi connectivity index (χ4n) is 3.13. The second-order valence-corrected chi connectivity index (χ2v) is 6.92. The molecule has 0 aliphatic rings. The summed E-state index contributed by atoms with van der Waals surface area (Å²) in [6.45, 7) is 4.52. The summed E-state index contributed by atoms with van der Waals surface area (Å²) in [5, 5.41) is 4.91. The summed E-state index contributed by atoms with van der Waals surface area (Å²) in [5.41, 5.74) is 0.660. The van der Waals surface area contributed by atoms with Crippen LogP contribution in [0.4, 0.5) is 0 Å². The zero-order valence-corrected chi connectivity index (χ0v) is 17.8. The Morgan fingerprint density at radius 2 is 1.71 bits per heavy atom. The first kappa shape index (κ1) is 22.0. The minimum Gasteiger partial charge on any atom is -0.494 e. The summed E-state index contributed by atoms with van der Waals surface area (Å²) in [4.78, 5) is 39.0. The zero-order chi connectivity index (χ0) is 22.4. The number of ether oxygens (including phenoxy) is 2. The molecule has 0 aliphatic carbocycles. The summed E-state index contributed by atoms with van der Waals surface area (Å²) < 4.78 is 11.8. The zero-order valence-electron chi connectivity index (χ0n) is 17.8. The van der Waals surface area contributed by atoms with Crippen LogP contribution in [-0.2, 0) is 22.6 Å². The molecule has 0 unspecified atom stereocenters. The van der Waals surface area contributed by atoms with Gasteiger partial charge in [0.2, 0.25) is 0 Å². The number of rotatable bonds is 8. The molecule has 0 spiro atoms. The number of aryl methyl sites for hydroxylation is 1. The third-order valence-corrected chi connectivity index (χ3v) is 4.77. The van der Waals surface area contributed by atoms with E-state index in [0.717, 1.165) is 11.3 Å². The van der Waals surface area contributed by atoms with Crippen molar-refractivity contribution >= 4 is 22.6 Å². The topological polar surface area (TPSA) is 90.7 Å². The fraction of sp³-hybridized carbons (Fsp3) is 0.304. The molecule has 1 aromatic heterocycles. The van der Waals surface area contributed by atoms with Crippen molar-refractivity contribution < 1.29 is 19.1 Å². The van der Waals surface area contributed by atoms with Gasteiger partial charge in [-0.15, -0.1) is 0 Å². The van der Waals surface area contributed by atoms with Gasteiger partial charge in [0.25, 0.3) is 11.5 Å². The van der Waals surface area contributed by atoms with Crippen LogP contribution in [0.5, 0.6) is 5.75 Å². The fourth-order valence-corrected chi connectivity index (χ4v) is 3.13. The Balaban J connectivity index is 1.67. The van der Waals surface area contributed by atoms with Gasteiger partial charge in [0.05, 0.1) is 12.0 Å². The third kappa shape index (κ3) is 5.09. The first-order chi connectivity index (χ1) is 14.9. The molecule has 0 saturated heterocycles. The van der Waals surface area contributed by atoms with Crippen LogP contribution in [-0.4, -0.2) is 46.8 Å². The Kier molecular flexibility index (Phi) is 7.02. The molecule has 0 bridgehead atoms. The normalized spacial score (nSPS) is 10.7. The molecule has 0 atom stereocenters. The number of hydrogen-bond donors (Lipinski definition) is 0. The van der Waals surface area contributed by atoms with Crippen molar-refractivity contribution in [2.75, 3.05) is 20.3 Å². The van der Waals surface area contributed by atoms with Gasteiger partial charge < -0.3 is 14.4 Å². The van der Waals surface area contributed by atoms with Gasteiger partial charge in [0, 0.05) is 25.5 Å². The number of hydrogen-bond acceptors (Lipinski definition) is 6. The van der Waals surface area contributed by atoms with E-state index in [1.807, 2.05) is 31.2 Å². The van der Waals surface area contributed by atoms with Crippen molar-refractivity contribution in [1.82, 2.24) is 14.7 Å². The van der Waals surface area contributed by atoms with Gasteiger partial charge in [-0.25, -0.2) is 9.48 Å². The molecule has 31 heavy (non-hydrogen) atoms. The van der Waals surface area contributed by atoms with Gasteiger partial charge in [-0.1, -0.05) is 30.3 Å². The number of benzene rings is 2. The van der Waals surface area contributed by atoms with Crippen molar-refractivity contribution in [2.24, 2.45) is 0 Å². The molecule has 3 rings (SSSR count). The summed E-state index contributed by atoms with van der Waals surface area (Å²) in [7, 11) is 1.64. The van der Waals surface area contributed by atoms with Crippen molar-refractivity contribution in [3.8, 4) is 5.75 Å². The molecular formula is C23H25N3O5. The molecule has 0 N–H and O–H groups in total. The average molecular weight is 423 g/mol. The van der Waals surface area contributed by atoms with Gasteiger partial charge in [-0.2, -0.15) is 5.10 Å². The number of carbonyl (C=O) groups is 2. The smallest absolute Gasteiger partial charge is 0.359 e. The number of fused-ring (bicyclic) bond motifs is 1. The Morgan fingerprint density at radius 3 is 2.35 bits per heavy atom. The molecule has 0 fully saturated rings. The van der Waals surface area contributed by atoms with Crippen LogP contribution >= 0.6 is 0 Å². The molecule has 0 radical (unpaired) electrons. The van der Waals surface area contributed by atoms with Crippen molar-refractivity contribution in [3.05, 3.63) is 70.1 Å².